The molecule has 146 valence electrons. The monoisotopic (exact) mass is 371 g/mol. The molecule has 2 amide bonds. The van der Waals surface area contributed by atoms with Gasteiger partial charge in [-0.15, -0.1) is 0 Å². The number of rotatable bonds is 3. The maximum atomic E-state index is 13.9. The minimum atomic E-state index is -0.139. The highest BCUT2D eigenvalue weighted by atomic mass is 19.1. The maximum Gasteiger partial charge on any atom is 0.317 e. The van der Waals surface area contributed by atoms with E-state index in [9.17, 15) is 9.18 Å². The molecule has 0 radical (unpaired) electrons. The number of urea groups is 1. The van der Waals surface area contributed by atoms with E-state index in [1.807, 2.05) is 17.0 Å². The fraction of sp³-hybridized carbons (Fsp3) is 0.682. The zero-order valence-corrected chi connectivity index (χ0v) is 16.0. The van der Waals surface area contributed by atoms with Crippen LogP contribution in [-0.4, -0.2) is 47.5 Å². The summed E-state index contributed by atoms with van der Waals surface area (Å²) in [5.74, 6) is 2.39. The van der Waals surface area contributed by atoms with Crippen LogP contribution in [0.4, 0.5) is 9.18 Å². The zero-order valence-electron chi connectivity index (χ0n) is 16.0. The lowest BCUT2D eigenvalue weighted by molar-refractivity contribution is -0.0165. The summed E-state index contributed by atoms with van der Waals surface area (Å²) in [6.07, 6.45) is 7.76. The van der Waals surface area contributed by atoms with Crippen molar-refractivity contribution in [1.82, 2.24) is 15.1 Å². The highest BCUT2D eigenvalue weighted by Gasteiger charge is 2.51. The molecule has 0 atom stereocenters. The van der Waals surface area contributed by atoms with Gasteiger partial charge in [-0.05, 0) is 62.3 Å². The molecule has 27 heavy (non-hydrogen) atoms. The third-order valence-corrected chi connectivity index (χ3v) is 7.42. The molecule has 1 aromatic carbocycles. The van der Waals surface area contributed by atoms with Crippen molar-refractivity contribution in [3.8, 4) is 0 Å². The van der Waals surface area contributed by atoms with Crippen molar-refractivity contribution in [2.24, 2.45) is 17.8 Å². The fourth-order valence-corrected chi connectivity index (χ4v) is 6.55. The van der Waals surface area contributed by atoms with E-state index in [1.54, 1.807) is 6.07 Å². The number of hydrogen-bond acceptors (Lipinski definition) is 2. The standard InChI is InChI=1S/C22H30FN3O/c23-20-4-2-1-3-19(20)15-25-5-7-26(8-6-25)21(27)24-22-12-16-9-17(13-22)11-18(10-16)14-22/h1-4,16-18H,5-15H2,(H,24,27). The first-order chi connectivity index (χ1) is 13.1. The fourth-order valence-electron chi connectivity index (χ4n) is 6.55. The molecular weight excluding hydrogens is 341 g/mol. The van der Waals surface area contributed by atoms with Gasteiger partial charge in [0.15, 0.2) is 0 Å². The molecular formula is C22H30FN3O. The zero-order chi connectivity index (χ0) is 18.4. The average Bonchev–Trinajstić information content (AvgIpc) is 2.63. The summed E-state index contributed by atoms with van der Waals surface area (Å²) >= 11 is 0. The lowest BCUT2D eigenvalue weighted by Gasteiger charge is -2.57. The largest absolute Gasteiger partial charge is 0.333 e. The summed E-state index contributed by atoms with van der Waals surface area (Å²) in [4.78, 5) is 17.1. The highest BCUT2D eigenvalue weighted by Crippen LogP contribution is 2.55. The molecule has 0 aromatic heterocycles. The number of piperazine rings is 1. The minimum Gasteiger partial charge on any atom is -0.333 e. The number of nitrogens with one attached hydrogen (secondary N) is 1. The first-order valence-corrected chi connectivity index (χ1v) is 10.6. The van der Waals surface area contributed by atoms with Crippen LogP contribution in [0.25, 0.3) is 0 Å². The number of nitrogens with zero attached hydrogens (tertiary/aromatic N) is 2. The van der Waals surface area contributed by atoms with Crippen LogP contribution in [-0.2, 0) is 6.54 Å². The Balaban J connectivity index is 1.16. The van der Waals surface area contributed by atoms with Gasteiger partial charge in [0.2, 0.25) is 0 Å². The molecule has 1 aliphatic heterocycles. The number of hydrogen-bond donors (Lipinski definition) is 1. The van der Waals surface area contributed by atoms with Crippen LogP contribution in [0, 0.1) is 23.6 Å². The van der Waals surface area contributed by atoms with Gasteiger partial charge < -0.3 is 10.2 Å². The summed E-state index contributed by atoms with van der Waals surface area (Å²) < 4.78 is 13.9. The molecule has 5 aliphatic rings. The molecule has 1 saturated heterocycles. The van der Waals surface area contributed by atoms with E-state index < -0.39 is 0 Å². The van der Waals surface area contributed by atoms with Gasteiger partial charge in [0, 0.05) is 43.8 Å². The molecule has 1 heterocycles. The number of benzene rings is 1. The topological polar surface area (TPSA) is 35.6 Å². The van der Waals surface area contributed by atoms with E-state index in [4.69, 9.17) is 0 Å². The van der Waals surface area contributed by atoms with E-state index in [2.05, 4.69) is 10.2 Å². The summed E-state index contributed by atoms with van der Waals surface area (Å²) in [7, 11) is 0. The van der Waals surface area contributed by atoms with Gasteiger partial charge in [-0.3, -0.25) is 4.90 Å². The summed E-state index contributed by atoms with van der Waals surface area (Å²) in [5, 5.41) is 3.48. The summed E-state index contributed by atoms with van der Waals surface area (Å²) in [6, 6.07) is 7.10. The van der Waals surface area contributed by atoms with Crippen molar-refractivity contribution in [2.75, 3.05) is 26.2 Å². The van der Waals surface area contributed by atoms with Gasteiger partial charge in [-0.2, -0.15) is 0 Å². The second-order valence-corrected chi connectivity index (χ2v) is 9.48. The summed E-state index contributed by atoms with van der Waals surface area (Å²) in [5.41, 5.74) is 0.819. The normalized spacial score (nSPS) is 35.4. The van der Waals surface area contributed by atoms with Gasteiger partial charge >= 0.3 is 6.03 Å². The number of carbonyl (C=O) groups excluding carboxylic acids is 1. The number of halogens is 1. The molecule has 0 unspecified atom stereocenters. The first-order valence-electron chi connectivity index (χ1n) is 10.6. The molecule has 1 aromatic rings. The molecule has 4 bridgehead atoms. The smallest absolute Gasteiger partial charge is 0.317 e. The quantitative estimate of drug-likeness (QED) is 0.881. The van der Waals surface area contributed by atoms with Crippen LogP contribution in [0.1, 0.15) is 44.1 Å². The molecule has 4 saturated carbocycles. The Morgan fingerprint density at radius 2 is 1.59 bits per heavy atom. The third-order valence-electron chi connectivity index (χ3n) is 7.42. The Labute approximate surface area is 161 Å². The Morgan fingerprint density at radius 1 is 1.00 bits per heavy atom. The Kier molecular flexibility index (Phi) is 4.38. The van der Waals surface area contributed by atoms with Gasteiger partial charge in [0.1, 0.15) is 5.82 Å². The van der Waals surface area contributed by atoms with Gasteiger partial charge in [-0.1, -0.05) is 18.2 Å². The van der Waals surface area contributed by atoms with Gasteiger partial charge in [0.05, 0.1) is 0 Å². The predicted molar refractivity (Wildman–Crippen MR) is 103 cm³/mol. The Bertz CT molecular complexity index is 678. The van der Waals surface area contributed by atoms with Crippen LogP contribution in [0.2, 0.25) is 0 Å². The molecule has 6 rings (SSSR count). The van der Waals surface area contributed by atoms with Crippen LogP contribution in [0.3, 0.4) is 0 Å². The highest BCUT2D eigenvalue weighted by molar-refractivity contribution is 5.75. The van der Waals surface area contributed by atoms with Crippen molar-refractivity contribution >= 4 is 6.03 Å². The molecule has 5 heteroatoms. The molecule has 0 spiro atoms. The Hall–Kier alpha value is -1.62. The van der Waals surface area contributed by atoms with Crippen LogP contribution < -0.4 is 5.32 Å². The lowest BCUT2D eigenvalue weighted by Crippen LogP contribution is -2.63. The second-order valence-electron chi connectivity index (χ2n) is 9.48. The predicted octanol–water partition coefficient (Wildman–Crippen LogP) is 3.62. The van der Waals surface area contributed by atoms with Crippen LogP contribution in [0.5, 0.6) is 0 Å². The maximum absolute atomic E-state index is 13.9. The SMILES string of the molecule is O=C(NC12CC3CC(CC(C3)C1)C2)N1CCN(Cc2ccccc2F)CC1. The van der Waals surface area contributed by atoms with E-state index in [0.717, 1.165) is 49.5 Å². The van der Waals surface area contributed by atoms with Gasteiger partial charge in [-0.25, -0.2) is 9.18 Å². The van der Waals surface area contributed by atoms with E-state index in [-0.39, 0.29) is 17.4 Å². The van der Waals surface area contributed by atoms with Crippen LogP contribution >= 0.6 is 0 Å². The van der Waals surface area contributed by atoms with E-state index in [1.165, 1.54) is 44.6 Å². The van der Waals surface area contributed by atoms with E-state index in [0.29, 0.717) is 6.54 Å². The van der Waals surface area contributed by atoms with E-state index >= 15 is 0 Å². The van der Waals surface area contributed by atoms with Gasteiger partial charge in [0.25, 0.3) is 0 Å². The van der Waals surface area contributed by atoms with Crippen molar-refractivity contribution < 1.29 is 9.18 Å². The molecule has 4 nitrogen and oxygen atoms in total. The third kappa shape index (κ3) is 3.46. The first kappa shape index (κ1) is 17.5. The van der Waals surface area contributed by atoms with Crippen molar-refractivity contribution in [2.45, 2.75) is 50.6 Å². The van der Waals surface area contributed by atoms with Crippen molar-refractivity contribution in [3.63, 3.8) is 0 Å². The average molecular weight is 372 g/mol. The molecule has 4 aliphatic carbocycles. The summed E-state index contributed by atoms with van der Waals surface area (Å²) in [6.45, 7) is 3.70. The molecule has 1 N–H and O–H groups in total. The molecule has 5 fully saturated rings. The Morgan fingerprint density at radius 3 is 2.19 bits per heavy atom. The number of carbonyl (C=O) groups is 1. The minimum absolute atomic E-state index is 0.0795. The lowest BCUT2D eigenvalue weighted by atomic mass is 9.53. The number of amides is 2. The van der Waals surface area contributed by atoms with Crippen LogP contribution in [0.15, 0.2) is 24.3 Å². The van der Waals surface area contributed by atoms with Crippen molar-refractivity contribution in [1.29, 1.82) is 0 Å². The van der Waals surface area contributed by atoms with Crippen molar-refractivity contribution in [3.05, 3.63) is 35.6 Å². The second kappa shape index (κ2) is 6.77.